The molecule has 164 valence electrons. The lowest BCUT2D eigenvalue weighted by Gasteiger charge is -2.08. The van der Waals surface area contributed by atoms with Gasteiger partial charge in [-0.05, 0) is 31.2 Å². The molecule has 3 aromatic heterocycles. The van der Waals surface area contributed by atoms with Gasteiger partial charge in [0.2, 0.25) is 15.2 Å². The summed E-state index contributed by atoms with van der Waals surface area (Å²) in [4.78, 5) is 9.09. The molecule has 14 heteroatoms. The van der Waals surface area contributed by atoms with Crippen molar-refractivity contribution in [1.82, 2.24) is 24.7 Å². The van der Waals surface area contributed by atoms with Gasteiger partial charge >= 0.3 is 0 Å². The molecule has 0 saturated heterocycles. The van der Waals surface area contributed by atoms with Gasteiger partial charge in [-0.15, -0.1) is 22.0 Å². The maximum absolute atomic E-state index is 13.2. The monoisotopic (exact) mass is 493 g/mol. The lowest BCUT2D eigenvalue weighted by atomic mass is 10.1. The summed E-state index contributed by atoms with van der Waals surface area (Å²) >= 11 is 2.01. The molecule has 0 amide bonds. The van der Waals surface area contributed by atoms with Gasteiger partial charge in [0.25, 0.3) is 6.43 Å². The van der Waals surface area contributed by atoms with Crippen molar-refractivity contribution in [2.24, 2.45) is 5.14 Å². The first-order valence-corrected chi connectivity index (χ1v) is 12.7. The molecule has 0 spiro atoms. The fraction of sp³-hybridized carbons (Fsp3) is 0.278. The third-order valence-electron chi connectivity index (χ3n) is 5.27. The zero-order valence-corrected chi connectivity index (χ0v) is 18.7. The van der Waals surface area contributed by atoms with Gasteiger partial charge in [0, 0.05) is 5.39 Å². The second-order valence-electron chi connectivity index (χ2n) is 7.23. The third kappa shape index (κ3) is 3.15. The molecule has 2 N–H and O–H groups in total. The lowest BCUT2D eigenvalue weighted by molar-refractivity contribution is 0.150. The SMILES string of the molecule is CSc1nc(C2(C#N)CC2)nc2c1c1ccc(S(N)(=O)=O)cc1n2-c1nnc(C(F)F)s1. The second-order valence-corrected chi connectivity index (χ2v) is 10.6. The smallest absolute Gasteiger partial charge is 0.268 e. The normalized spacial score (nSPS) is 15.5. The minimum Gasteiger partial charge on any atom is -0.268 e. The lowest BCUT2D eigenvalue weighted by Crippen LogP contribution is -2.12. The molecule has 1 aliphatic carbocycles. The Morgan fingerprint density at radius 3 is 2.62 bits per heavy atom. The van der Waals surface area contributed by atoms with Gasteiger partial charge in [0.15, 0.2) is 16.5 Å². The van der Waals surface area contributed by atoms with Crippen molar-refractivity contribution >= 4 is 55.1 Å². The average Bonchev–Trinajstić information content (AvgIpc) is 3.28. The number of benzene rings is 1. The van der Waals surface area contributed by atoms with E-state index >= 15 is 0 Å². The summed E-state index contributed by atoms with van der Waals surface area (Å²) in [6.07, 6.45) is 0.244. The van der Waals surface area contributed by atoms with Crippen molar-refractivity contribution in [2.45, 2.75) is 34.6 Å². The van der Waals surface area contributed by atoms with E-state index in [1.54, 1.807) is 6.07 Å². The van der Waals surface area contributed by atoms with E-state index in [4.69, 9.17) is 5.14 Å². The van der Waals surface area contributed by atoms with Crippen LogP contribution in [0.25, 0.3) is 27.1 Å². The van der Waals surface area contributed by atoms with E-state index < -0.39 is 26.9 Å². The zero-order valence-electron chi connectivity index (χ0n) is 16.3. The highest BCUT2D eigenvalue weighted by Gasteiger charge is 2.48. The van der Waals surface area contributed by atoms with Crippen LogP contribution in [-0.4, -0.2) is 39.4 Å². The fourth-order valence-corrected chi connectivity index (χ4v) is 5.33. The number of nitrogens with two attached hydrogens (primary N) is 1. The Morgan fingerprint density at radius 2 is 2.06 bits per heavy atom. The summed E-state index contributed by atoms with van der Waals surface area (Å²) in [7, 11) is -4.03. The number of primary sulfonamides is 1. The molecule has 1 aliphatic rings. The molecule has 0 atom stereocenters. The van der Waals surface area contributed by atoms with E-state index in [-0.39, 0.29) is 10.0 Å². The zero-order chi connectivity index (χ0) is 22.8. The molecule has 0 aliphatic heterocycles. The molecular formula is C18H13F2N7O2S3. The number of hydrogen-bond donors (Lipinski definition) is 1. The van der Waals surface area contributed by atoms with Gasteiger partial charge in [-0.1, -0.05) is 17.4 Å². The van der Waals surface area contributed by atoms with Crippen molar-refractivity contribution < 1.29 is 17.2 Å². The number of aromatic nitrogens is 5. The first-order valence-electron chi connectivity index (χ1n) is 9.15. The summed E-state index contributed by atoms with van der Waals surface area (Å²) in [5.74, 6) is 0.339. The molecule has 5 rings (SSSR count). The van der Waals surface area contributed by atoms with Gasteiger partial charge in [-0.3, -0.25) is 4.57 Å². The number of alkyl halides is 2. The quantitative estimate of drug-likeness (QED) is 0.330. The topological polar surface area (TPSA) is 140 Å². The van der Waals surface area contributed by atoms with Crippen LogP contribution < -0.4 is 5.14 Å². The van der Waals surface area contributed by atoms with Crippen LogP contribution in [-0.2, 0) is 15.4 Å². The third-order valence-corrected chi connectivity index (χ3v) is 7.78. The maximum atomic E-state index is 13.2. The summed E-state index contributed by atoms with van der Waals surface area (Å²) < 4.78 is 51.8. The Hall–Kier alpha value is -2.73. The molecule has 9 nitrogen and oxygen atoms in total. The molecular weight excluding hydrogens is 480 g/mol. The number of halogens is 2. The van der Waals surface area contributed by atoms with Crippen molar-refractivity contribution in [3.05, 3.63) is 29.0 Å². The Balaban J connectivity index is 1.93. The van der Waals surface area contributed by atoms with E-state index in [0.717, 1.165) is 0 Å². The number of fused-ring (bicyclic) bond motifs is 3. The molecule has 4 aromatic rings. The van der Waals surface area contributed by atoms with E-state index in [0.29, 0.717) is 57.0 Å². The van der Waals surface area contributed by atoms with Gasteiger partial charge < -0.3 is 0 Å². The van der Waals surface area contributed by atoms with Crippen molar-refractivity contribution in [3.63, 3.8) is 0 Å². The van der Waals surface area contributed by atoms with Crippen LogP contribution in [0.15, 0.2) is 28.1 Å². The van der Waals surface area contributed by atoms with Crippen LogP contribution in [0.4, 0.5) is 8.78 Å². The van der Waals surface area contributed by atoms with Gasteiger partial charge in [0.05, 0.1) is 21.9 Å². The largest absolute Gasteiger partial charge is 0.291 e. The summed E-state index contributed by atoms with van der Waals surface area (Å²) in [6.45, 7) is 0. The van der Waals surface area contributed by atoms with E-state index in [2.05, 4.69) is 26.2 Å². The Bertz CT molecular complexity index is 1550. The highest BCUT2D eigenvalue weighted by atomic mass is 32.2. The highest BCUT2D eigenvalue weighted by Crippen LogP contribution is 2.48. The molecule has 0 unspecified atom stereocenters. The van der Waals surface area contributed by atoms with Crippen molar-refractivity contribution in [3.8, 4) is 11.2 Å². The van der Waals surface area contributed by atoms with E-state index in [1.165, 1.54) is 28.5 Å². The first-order chi connectivity index (χ1) is 15.2. The van der Waals surface area contributed by atoms with E-state index in [9.17, 15) is 22.5 Å². The molecule has 1 aromatic carbocycles. The molecule has 1 saturated carbocycles. The first kappa shape index (κ1) is 21.1. The highest BCUT2D eigenvalue weighted by molar-refractivity contribution is 7.98. The van der Waals surface area contributed by atoms with Crippen molar-refractivity contribution in [1.29, 1.82) is 5.26 Å². The average molecular weight is 494 g/mol. The Morgan fingerprint density at radius 1 is 1.31 bits per heavy atom. The standard InChI is InChI=1S/C18H13F2N7O2S3/c1-30-14-11-9-3-2-8(32(22,28)29)6-10(9)27(17-26-25-15(31-17)12(19)20)13(11)23-16(24-14)18(7-21)4-5-18/h2-3,6,12H,4-5H2,1H3,(H2,22,28,29). The van der Waals surface area contributed by atoms with Gasteiger partial charge in [-0.25, -0.2) is 32.3 Å². The predicted octanol–water partition coefficient (Wildman–Crippen LogP) is 3.29. The van der Waals surface area contributed by atoms with Crippen LogP contribution in [0.3, 0.4) is 0 Å². The fourth-order valence-electron chi connectivity index (χ4n) is 3.50. The summed E-state index contributed by atoms with van der Waals surface area (Å²) in [5, 5.41) is 23.8. The number of sulfonamides is 1. The van der Waals surface area contributed by atoms with Crippen LogP contribution in [0.1, 0.15) is 30.1 Å². The number of nitrogens with zero attached hydrogens (tertiary/aromatic N) is 6. The van der Waals surface area contributed by atoms with Crippen LogP contribution in [0, 0.1) is 11.3 Å². The van der Waals surface area contributed by atoms with Crippen LogP contribution >= 0.6 is 23.1 Å². The predicted molar refractivity (Wildman–Crippen MR) is 114 cm³/mol. The van der Waals surface area contributed by atoms with Crippen LogP contribution in [0.2, 0.25) is 0 Å². The number of thioether (sulfide) groups is 1. The molecule has 0 bridgehead atoms. The maximum Gasteiger partial charge on any atom is 0.291 e. The molecule has 32 heavy (non-hydrogen) atoms. The minimum absolute atomic E-state index is 0.0883. The van der Waals surface area contributed by atoms with Gasteiger partial charge in [0.1, 0.15) is 10.4 Å². The Kier molecular flexibility index (Phi) is 4.71. The molecule has 1 fully saturated rings. The van der Waals surface area contributed by atoms with Crippen LogP contribution in [0.5, 0.6) is 0 Å². The number of nitriles is 1. The number of hydrogen-bond acceptors (Lipinski definition) is 9. The second kappa shape index (κ2) is 7.14. The van der Waals surface area contributed by atoms with E-state index in [1.807, 2.05) is 6.26 Å². The summed E-state index contributed by atoms with van der Waals surface area (Å²) in [5.41, 5.74) is -0.104. The minimum atomic E-state index is -4.03. The molecule has 3 heterocycles. The Labute approximate surface area is 188 Å². The molecule has 0 radical (unpaired) electrons. The number of rotatable bonds is 5. The van der Waals surface area contributed by atoms with Gasteiger partial charge in [-0.2, -0.15) is 5.26 Å². The van der Waals surface area contributed by atoms with Crippen molar-refractivity contribution in [2.75, 3.05) is 6.26 Å². The summed E-state index contributed by atoms with van der Waals surface area (Å²) in [6, 6.07) is 6.54.